The van der Waals surface area contributed by atoms with E-state index in [0.29, 0.717) is 0 Å². The molecular weight excluding hydrogens is 156 g/mol. The average molecular weight is 182 g/mol. The number of hydrogen-bond donors (Lipinski definition) is 0. The van der Waals surface area contributed by atoms with Crippen molar-refractivity contribution in [3.8, 4) is 0 Å². The molecule has 0 saturated heterocycles. The average Bonchev–Trinajstić information content (AvgIpc) is 2.28. The molecule has 0 aromatic heterocycles. The van der Waals surface area contributed by atoms with E-state index in [1.807, 2.05) is 0 Å². The highest BCUT2D eigenvalue weighted by Gasteiger charge is 2.21. The van der Waals surface area contributed by atoms with E-state index in [9.17, 15) is 0 Å². The normalized spacial score (nSPS) is 35.8. The standard InChI is InChI=1S/C13H26/c1-4-6-13-8-7-12(5-2)9-11(3)10-13/h11-13H,4-10H2,1-3H3. The summed E-state index contributed by atoms with van der Waals surface area (Å²) in [6.45, 7) is 7.14. The van der Waals surface area contributed by atoms with E-state index in [0.717, 1.165) is 17.8 Å². The van der Waals surface area contributed by atoms with Crippen molar-refractivity contribution < 1.29 is 0 Å². The van der Waals surface area contributed by atoms with Crippen LogP contribution in [0.5, 0.6) is 0 Å². The lowest BCUT2D eigenvalue weighted by molar-refractivity contribution is 0.364. The van der Waals surface area contributed by atoms with Gasteiger partial charge in [0.25, 0.3) is 0 Å². The molecule has 0 aromatic rings. The van der Waals surface area contributed by atoms with Gasteiger partial charge in [0.05, 0.1) is 0 Å². The van der Waals surface area contributed by atoms with E-state index in [-0.39, 0.29) is 0 Å². The van der Waals surface area contributed by atoms with Gasteiger partial charge in [0.2, 0.25) is 0 Å². The second-order valence-electron chi connectivity index (χ2n) is 5.08. The third-order valence-corrected chi connectivity index (χ3v) is 3.73. The van der Waals surface area contributed by atoms with Crippen molar-refractivity contribution in [2.45, 2.75) is 65.7 Å². The van der Waals surface area contributed by atoms with Crippen molar-refractivity contribution >= 4 is 0 Å². The SMILES string of the molecule is CCCC1CCC(CC)CC(C)C1. The minimum atomic E-state index is 0.990. The van der Waals surface area contributed by atoms with Crippen LogP contribution in [0.3, 0.4) is 0 Å². The first-order chi connectivity index (χ1) is 6.26. The zero-order valence-corrected chi connectivity index (χ0v) is 9.68. The molecule has 0 nitrogen and oxygen atoms in total. The van der Waals surface area contributed by atoms with Gasteiger partial charge in [-0.2, -0.15) is 0 Å². The summed E-state index contributed by atoms with van der Waals surface area (Å²) in [5.41, 5.74) is 0. The third kappa shape index (κ3) is 3.70. The quantitative estimate of drug-likeness (QED) is 0.558. The lowest BCUT2D eigenvalue weighted by Crippen LogP contribution is -2.03. The first-order valence-electron chi connectivity index (χ1n) is 6.26. The highest BCUT2D eigenvalue weighted by Crippen LogP contribution is 2.34. The van der Waals surface area contributed by atoms with E-state index in [4.69, 9.17) is 0 Å². The van der Waals surface area contributed by atoms with Gasteiger partial charge in [0, 0.05) is 0 Å². The van der Waals surface area contributed by atoms with Crippen LogP contribution in [0.1, 0.15) is 65.7 Å². The van der Waals surface area contributed by atoms with E-state index < -0.39 is 0 Å². The highest BCUT2D eigenvalue weighted by atomic mass is 14.3. The van der Waals surface area contributed by atoms with Gasteiger partial charge in [-0.1, -0.05) is 52.9 Å². The lowest BCUT2D eigenvalue weighted by Gasteiger charge is -2.15. The predicted octanol–water partition coefficient (Wildman–Crippen LogP) is 4.64. The molecule has 1 aliphatic rings. The molecule has 3 unspecified atom stereocenters. The molecule has 1 aliphatic carbocycles. The van der Waals surface area contributed by atoms with Crippen LogP contribution >= 0.6 is 0 Å². The number of rotatable bonds is 3. The summed E-state index contributed by atoms with van der Waals surface area (Å²) in [7, 11) is 0. The second-order valence-corrected chi connectivity index (χ2v) is 5.08. The van der Waals surface area contributed by atoms with E-state index >= 15 is 0 Å². The van der Waals surface area contributed by atoms with Crippen LogP contribution in [-0.4, -0.2) is 0 Å². The summed E-state index contributed by atoms with van der Waals surface area (Å²) < 4.78 is 0. The molecule has 0 aliphatic heterocycles. The van der Waals surface area contributed by atoms with Gasteiger partial charge in [-0.3, -0.25) is 0 Å². The summed E-state index contributed by atoms with van der Waals surface area (Å²) in [5.74, 6) is 3.08. The Morgan fingerprint density at radius 3 is 2.23 bits per heavy atom. The summed E-state index contributed by atoms with van der Waals surface area (Å²) in [4.78, 5) is 0. The Hall–Kier alpha value is 0. The fraction of sp³-hybridized carbons (Fsp3) is 1.00. The Balaban J connectivity index is 2.38. The van der Waals surface area contributed by atoms with Gasteiger partial charge in [-0.15, -0.1) is 0 Å². The van der Waals surface area contributed by atoms with Crippen molar-refractivity contribution in [1.82, 2.24) is 0 Å². The molecule has 0 N–H and O–H groups in total. The first kappa shape index (κ1) is 11.1. The molecule has 0 amide bonds. The molecule has 0 radical (unpaired) electrons. The van der Waals surface area contributed by atoms with Crippen molar-refractivity contribution in [2.24, 2.45) is 17.8 Å². The van der Waals surface area contributed by atoms with Crippen LogP contribution in [0.2, 0.25) is 0 Å². The molecule has 78 valence electrons. The van der Waals surface area contributed by atoms with Gasteiger partial charge in [0.1, 0.15) is 0 Å². The zero-order chi connectivity index (χ0) is 9.68. The van der Waals surface area contributed by atoms with Crippen LogP contribution < -0.4 is 0 Å². The maximum atomic E-state index is 2.46. The molecule has 1 saturated carbocycles. The van der Waals surface area contributed by atoms with Gasteiger partial charge >= 0.3 is 0 Å². The maximum absolute atomic E-state index is 2.46. The summed E-state index contributed by atoms with van der Waals surface area (Å²) in [6.07, 6.45) is 10.3. The lowest BCUT2D eigenvalue weighted by atomic mass is 9.91. The van der Waals surface area contributed by atoms with E-state index in [2.05, 4.69) is 20.8 Å². The minimum Gasteiger partial charge on any atom is -0.0654 e. The van der Waals surface area contributed by atoms with Crippen LogP contribution in [-0.2, 0) is 0 Å². The second kappa shape index (κ2) is 5.67. The Morgan fingerprint density at radius 1 is 1.00 bits per heavy atom. The zero-order valence-electron chi connectivity index (χ0n) is 9.68. The fourth-order valence-corrected chi connectivity index (χ4v) is 2.98. The van der Waals surface area contributed by atoms with Crippen molar-refractivity contribution in [2.75, 3.05) is 0 Å². The molecule has 0 bridgehead atoms. The largest absolute Gasteiger partial charge is 0.0654 e. The van der Waals surface area contributed by atoms with Crippen LogP contribution in [0.4, 0.5) is 0 Å². The van der Waals surface area contributed by atoms with Crippen LogP contribution in [0.15, 0.2) is 0 Å². The molecule has 0 heteroatoms. The molecule has 0 heterocycles. The number of hydrogen-bond acceptors (Lipinski definition) is 0. The van der Waals surface area contributed by atoms with E-state index in [1.54, 1.807) is 0 Å². The monoisotopic (exact) mass is 182 g/mol. The Bertz CT molecular complexity index is 128. The van der Waals surface area contributed by atoms with Gasteiger partial charge < -0.3 is 0 Å². The molecule has 3 atom stereocenters. The van der Waals surface area contributed by atoms with Crippen molar-refractivity contribution in [1.29, 1.82) is 0 Å². The molecule has 1 rings (SSSR count). The minimum absolute atomic E-state index is 0.990. The molecule has 0 spiro atoms. The van der Waals surface area contributed by atoms with Crippen molar-refractivity contribution in [3.63, 3.8) is 0 Å². The Morgan fingerprint density at radius 2 is 1.62 bits per heavy atom. The first-order valence-corrected chi connectivity index (χ1v) is 6.26. The summed E-state index contributed by atoms with van der Waals surface area (Å²) >= 11 is 0. The van der Waals surface area contributed by atoms with Gasteiger partial charge in [-0.05, 0) is 30.6 Å². The molecular formula is C13H26. The third-order valence-electron chi connectivity index (χ3n) is 3.73. The van der Waals surface area contributed by atoms with Gasteiger partial charge in [0.15, 0.2) is 0 Å². The smallest absolute Gasteiger partial charge is 0.0412 e. The predicted molar refractivity (Wildman–Crippen MR) is 59.8 cm³/mol. The molecule has 0 aromatic carbocycles. The van der Waals surface area contributed by atoms with Crippen LogP contribution in [0.25, 0.3) is 0 Å². The summed E-state index contributed by atoms with van der Waals surface area (Å²) in [5, 5.41) is 0. The van der Waals surface area contributed by atoms with Gasteiger partial charge in [-0.25, -0.2) is 0 Å². The summed E-state index contributed by atoms with van der Waals surface area (Å²) in [6, 6.07) is 0. The Kier molecular flexibility index (Phi) is 4.83. The topological polar surface area (TPSA) is 0 Å². The Labute approximate surface area is 84.1 Å². The molecule has 13 heavy (non-hydrogen) atoms. The van der Waals surface area contributed by atoms with Crippen LogP contribution in [0, 0.1) is 17.8 Å². The van der Waals surface area contributed by atoms with Crippen molar-refractivity contribution in [3.05, 3.63) is 0 Å². The fourth-order valence-electron chi connectivity index (χ4n) is 2.98. The highest BCUT2D eigenvalue weighted by molar-refractivity contribution is 4.73. The molecule has 1 fully saturated rings. The van der Waals surface area contributed by atoms with E-state index in [1.165, 1.54) is 44.9 Å². The maximum Gasteiger partial charge on any atom is -0.0412 e.